The van der Waals surface area contributed by atoms with Crippen molar-refractivity contribution in [2.45, 2.75) is 50.8 Å². The fourth-order valence-corrected chi connectivity index (χ4v) is 4.41. The van der Waals surface area contributed by atoms with Gasteiger partial charge >= 0.3 is 0 Å². The zero-order valence-corrected chi connectivity index (χ0v) is 14.8. The van der Waals surface area contributed by atoms with Crippen LogP contribution in [0.4, 0.5) is 0 Å². The highest BCUT2D eigenvalue weighted by Crippen LogP contribution is 2.27. The van der Waals surface area contributed by atoms with Crippen LogP contribution >= 0.6 is 0 Å². The molecule has 1 atom stereocenters. The zero-order valence-electron chi connectivity index (χ0n) is 14.8. The normalized spacial score (nSPS) is 26.9. The van der Waals surface area contributed by atoms with Crippen LogP contribution in [0, 0.1) is 0 Å². The average Bonchev–Trinajstić information content (AvgIpc) is 3.31. The van der Waals surface area contributed by atoms with E-state index in [0.717, 1.165) is 18.3 Å². The van der Waals surface area contributed by atoms with E-state index in [1.165, 1.54) is 76.9 Å². The molecule has 4 rings (SSSR count). The van der Waals surface area contributed by atoms with Gasteiger partial charge in [0, 0.05) is 50.9 Å². The Hall–Kier alpha value is -1.10. The molecule has 0 amide bonds. The molecule has 24 heavy (non-hydrogen) atoms. The summed E-state index contributed by atoms with van der Waals surface area (Å²) in [6.07, 6.45) is 6.86. The van der Waals surface area contributed by atoms with E-state index in [-0.39, 0.29) is 0 Å². The fourth-order valence-electron chi connectivity index (χ4n) is 4.41. The first kappa shape index (κ1) is 16.4. The summed E-state index contributed by atoms with van der Waals surface area (Å²) < 4.78 is 6.31. The third-order valence-corrected chi connectivity index (χ3v) is 5.92. The van der Waals surface area contributed by atoms with E-state index in [1.807, 2.05) is 0 Å². The Morgan fingerprint density at radius 3 is 2.54 bits per heavy atom. The monoisotopic (exact) mass is 329 g/mol. The average molecular weight is 329 g/mol. The second-order valence-corrected chi connectivity index (χ2v) is 7.59. The Balaban J connectivity index is 1.32. The lowest BCUT2D eigenvalue weighted by atomic mass is 10.1. The van der Waals surface area contributed by atoms with E-state index in [1.54, 1.807) is 0 Å². The van der Waals surface area contributed by atoms with Gasteiger partial charge in [-0.25, -0.2) is 0 Å². The van der Waals surface area contributed by atoms with Crippen LogP contribution in [0.15, 0.2) is 24.3 Å². The summed E-state index contributed by atoms with van der Waals surface area (Å²) in [5.41, 5.74) is 1.36. The standard InChI is InChI=1S/C20H31N3O/c1-4-8-20(24-19-6-2-3-7-19)17(5-1)16-22-11-13-23(14-12-22)18-9-10-21-15-18/h1,4-5,8,18-19,21H,2-3,6-7,9-16H2/t18-/m0/s1. The van der Waals surface area contributed by atoms with Crippen LogP contribution in [0.25, 0.3) is 0 Å². The van der Waals surface area contributed by atoms with Crippen LogP contribution in [0.5, 0.6) is 5.75 Å². The van der Waals surface area contributed by atoms with Crippen LogP contribution in [-0.4, -0.2) is 61.2 Å². The summed E-state index contributed by atoms with van der Waals surface area (Å²) in [6, 6.07) is 9.44. The van der Waals surface area contributed by atoms with Crippen molar-refractivity contribution < 1.29 is 4.74 Å². The molecule has 0 radical (unpaired) electrons. The minimum Gasteiger partial charge on any atom is -0.490 e. The molecule has 3 aliphatic rings. The maximum atomic E-state index is 6.31. The molecule has 2 aliphatic heterocycles. The third-order valence-electron chi connectivity index (χ3n) is 5.92. The zero-order chi connectivity index (χ0) is 16.2. The van der Waals surface area contributed by atoms with Gasteiger partial charge < -0.3 is 10.1 Å². The quantitative estimate of drug-likeness (QED) is 0.898. The molecular weight excluding hydrogens is 298 g/mol. The summed E-state index contributed by atoms with van der Waals surface area (Å²) in [6.45, 7) is 8.16. The van der Waals surface area contributed by atoms with Gasteiger partial charge in [-0.3, -0.25) is 9.80 Å². The SMILES string of the molecule is c1ccc(OC2CCCC2)c(CN2CCN([C@H]3CCNC3)CC2)c1. The van der Waals surface area contributed by atoms with E-state index in [0.29, 0.717) is 6.10 Å². The maximum absolute atomic E-state index is 6.31. The van der Waals surface area contributed by atoms with Gasteiger partial charge in [0.1, 0.15) is 5.75 Å². The highest BCUT2D eigenvalue weighted by Gasteiger charge is 2.26. The summed E-state index contributed by atoms with van der Waals surface area (Å²) in [5.74, 6) is 1.12. The second-order valence-electron chi connectivity index (χ2n) is 7.59. The van der Waals surface area contributed by atoms with E-state index < -0.39 is 0 Å². The van der Waals surface area contributed by atoms with Crippen LogP contribution in [0.2, 0.25) is 0 Å². The lowest BCUT2D eigenvalue weighted by Crippen LogP contribution is -2.50. The molecule has 2 heterocycles. The Morgan fingerprint density at radius 2 is 1.79 bits per heavy atom. The van der Waals surface area contributed by atoms with E-state index in [2.05, 4.69) is 39.4 Å². The van der Waals surface area contributed by atoms with Gasteiger partial charge in [-0.2, -0.15) is 0 Å². The molecule has 0 unspecified atom stereocenters. The van der Waals surface area contributed by atoms with Crippen LogP contribution in [0.1, 0.15) is 37.7 Å². The molecule has 4 heteroatoms. The number of para-hydroxylation sites is 1. The first-order chi connectivity index (χ1) is 11.9. The van der Waals surface area contributed by atoms with E-state index in [9.17, 15) is 0 Å². The van der Waals surface area contributed by atoms with Crippen molar-refractivity contribution in [2.24, 2.45) is 0 Å². The minimum atomic E-state index is 0.442. The predicted octanol–water partition coefficient (Wildman–Crippen LogP) is 2.49. The molecule has 0 aromatic heterocycles. The van der Waals surface area contributed by atoms with Crippen LogP contribution in [0.3, 0.4) is 0 Å². The van der Waals surface area contributed by atoms with Crippen LogP contribution in [-0.2, 0) is 6.54 Å². The maximum Gasteiger partial charge on any atom is 0.124 e. The minimum absolute atomic E-state index is 0.442. The molecule has 2 saturated heterocycles. The molecule has 1 saturated carbocycles. The largest absolute Gasteiger partial charge is 0.490 e. The van der Waals surface area contributed by atoms with Crippen molar-refractivity contribution in [1.82, 2.24) is 15.1 Å². The Kier molecular flexibility index (Phi) is 5.36. The summed E-state index contributed by atoms with van der Waals surface area (Å²) in [4.78, 5) is 5.27. The van der Waals surface area contributed by atoms with Crippen molar-refractivity contribution in [3.05, 3.63) is 29.8 Å². The second kappa shape index (κ2) is 7.85. The van der Waals surface area contributed by atoms with Gasteiger partial charge in [0.2, 0.25) is 0 Å². The molecule has 1 aliphatic carbocycles. The highest BCUT2D eigenvalue weighted by molar-refractivity contribution is 5.33. The summed E-state index contributed by atoms with van der Waals surface area (Å²) >= 11 is 0. The topological polar surface area (TPSA) is 27.7 Å². The van der Waals surface area contributed by atoms with Crippen molar-refractivity contribution in [1.29, 1.82) is 0 Å². The molecule has 3 fully saturated rings. The van der Waals surface area contributed by atoms with Gasteiger partial charge in [0.05, 0.1) is 6.10 Å². The molecule has 1 N–H and O–H groups in total. The number of rotatable bonds is 5. The van der Waals surface area contributed by atoms with Crippen molar-refractivity contribution in [2.75, 3.05) is 39.3 Å². The van der Waals surface area contributed by atoms with Crippen LogP contribution < -0.4 is 10.1 Å². The Labute approximate surface area is 146 Å². The number of nitrogens with one attached hydrogen (secondary N) is 1. The number of benzene rings is 1. The van der Waals surface area contributed by atoms with Crippen molar-refractivity contribution in [3.8, 4) is 5.75 Å². The predicted molar refractivity (Wildman–Crippen MR) is 97.5 cm³/mol. The van der Waals surface area contributed by atoms with Gasteiger partial charge in [-0.15, -0.1) is 0 Å². The molecule has 1 aromatic rings. The molecule has 132 valence electrons. The Morgan fingerprint density at radius 1 is 1.00 bits per heavy atom. The summed E-state index contributed by atoms with van der Waals surface area (Å²) in [7, 11) is 0. The van der Waals surface area contributed by atoms with Gasteiger partial charge in [-0.1, -0.05) is 18.2 Å². The number of piperazine rings is 1. The molecule has 1 aromatic carbocycles. The molecular formula is C20H31N3O. The van der Waals surface area contributed by atoms with Gasteiger partial charge in [0.25, 0.3) is 0 Å². The first-order valence-corrected chi connectivity index (χ1v) is 9.80. The molecule has 0 bridgehead atoms. The Bertz CT molecular complexity index is 515. The van der Waals surface area contributed by atoms with E-state index in [4.69, 9.17) is 4.74 Å². The number of nitrogens with zero attached hydrogens (tertiary/aromatic N) is 2. The fraction of sp³-hybridized carbons (Fsp3) is 0.700. The number of hydrogen-bond acceptors (Lipinski definition) is 4. The molecule has 0 spiro atoms. The lowest BCUT2D eigenvalue weighted by Gasteiger charge is -2.38. The first-order valence-electron chi connectivity index (χ1n) is 9.80. The van der Waals surface area contributed by atoms with Gasteiger partial charge in [0.15, 0.2) is 0 Å². The number of hydrogen-bond donors (Lipinski definition) is 1. The van der Waals surface area contributed by atoms with E-state index >= 15 is 0 Å². The summed E-state index contributed by atoms with van der Waals surface area (Å²) in [5, 5.41) is 3.49. The van der Waals surface area contributed by atoms with Crippen molar-refractivity contribution >= 4 is 0 Å². The third kappa shape index (κ3) is 3.93. The van der Waals surface area contributed by atoms with Crippen molar-refractivity contribution in [3.63, 3.8) is 0 Å². The number of ether oxygens (including phenoxy) is 1. The lowest BCUT2D eigenvalue weighted by molar-refractivity contribution is 0.0968. The highest BCUT2D eigenvalue weighted by atomic mass is 16.5. The van der Waals surface area contributed by atoms with Gasteiger partial charge in [-0.05, 0) is 44.7 Å². The smallest absolute Gasteiger partial charge is 0.124 e. The molecule has 4 nitrogen and oxygen atoms in total.